The number of methoxy groups -OCH3 is 1. The van der Waals surface area contributed by atoms with Gasteiger partial charge in [-0.3, -0.25) is 0 Å². The zero-order chi connectivity index (χ0) is 14.4. The first-order valence-corrected chi connectivity index (χ1v) is 5.76. The van der Waals surface area contributed by atoms with Gasteiger partial charge in [-0.05, 0) is 17.7 Å². The number of hydrogen-bond donors (Lipinski definition) is 1. The van der Waals surface area contributed by atoms with E-state index in [4.69, 9.17) is 4.74 Å². The molecule has 0 amide bonds. The van der Waals surface area contributed by atoms with Crippen molar-refractivity contribution in [2.45, 2.75) is 19.7 Å². The minimum absolute atomic E-state index is 0.00126. The molecule has 108 valence electrons. The lowest BCUT2D eigenvalue weighted by Gasteiger charge is -2.11. The van der Waals surface area contributed by atoms with Gasteiger partial charge in [-0.25, -0.2) is 0 Å². The zero-order valence-electron chi connectivity index (χ0n) is 10.7. The highest BCUT2D eigenvalue weighted by Crippen LogP contribution is 2.29. The lowest BCUT2D eigenvalue weighted by Crippen LogP contribution is -2.14. The molecule has 0 atom stereocenters. The van der Waals surface area contributed by atoms with Crippen LogP contribution >= 0.6 is 0 Å². The normalized spacial score (nSPS) is 10.8. The molecule has 1 aromatic carbocycles. The van der Waals surface area contributed by atoms with Crippen LogP contribution in [-0.2, 0) is 13.1 Å². The maximum absolute atomic E-state index is 12.3. The van der Waals surface area contributed by atoms with E-state index in [1.54, 1.807) is 12.1 Å². The number of ether oxygens (including phenoxy) is 2. The third kappa shape index (κ3) is 3.89. The fourth-order valence-electron chi connectivity index (χ4n) is 1.61. The average molecular weight is 285 g/mol. The van der Waals surface area contributed by atoms with Crippen LogP contribution in [-0.4, -0.2) is 23.9 Å². The predicted molar refractivity (Wildman–Crippen MR) is 64.5 cm³/mol. The summed E-state index contributed by atoms with van der Waals surface area (Å²) in [6.45, 7) is -2.04. The van der Waals surface area contributed by atoms with E-state index in [0.717, 1.165) is 5.56 Å². The molecular formula is C12H13F2N3O3. The quantitative estimate of drug-likeness (QED) is 0.838. The number of halogens is 2. The summed E-state index contributed by atoms with van der Waals surface area (Å²) >= 11 is 0. The summed E-state index contributed by atoms with van der Waals surface area (Å²) in [6.07, 6.45) is 1.24. The Hall–Kier alpha value is -2.22. The van der Waals surface area contributed by atoms with Crippen LogP contribution in [0.5, 0.6) is 11.5 Å². The molecule has 0 aliphatic carbocycles. The first-order chi connectivity index (χ1) is 9.69. The molecule has 0 aliphatic rings. The van der Waals surface area contributed by atoms with E-state index in [1.807, 2.05) is 0 Å². The van der Waals surface area contributed by atoms with E-state index in [1.165, 1.54) is 19.6 Å². The molecule has 1 heterocycles. The van der Waals surface area contributed by atoms with Gasteiger partial charge in [0.25, 0.3) is 0 Å². The molecule has 0 saturated carbocycles. The molecule has 1 N–H and O–H groups in total. The molecule has 0 bridgehead atoms. The highest BCUT2D eigenvalue weighted by Gasteiger charge is 2.11. The summed E-state index contributed by atoms with van der Waals surface area (Å²) in [5, 5.41) is 6.69. The van der Waals surface area contributed by atoms with Crippen molar-refractivity contribution in [1.29, 1.82) is 0 Å². The molecule has 2 rings (SSSR count). The van der Waals surface area contributed by atoms with Crippen molar-refractivity contribution in [2.24, 2.45) is 0 Å². The second-order valence-corrected chi connectivity index (χ2v) is 3.81. The van der Waals surface area contributed by atoms with Crippen molar-refractivity contribution >= 4 is 0 Å². The van der Waals surface area contributed by atoms with Gasteiger partial charge in [0.1, 0.15) is 0 Å². The van der Waals surface area contributed by atoms with Crippen LogP contribution in [0.25, 0.3) is 0 Å². The van der Waals surface area contributed by atoms with Gasteiger partial charge in [0.2, 0.25) is 6.39 Å². The number of hydrogen-bond acceptors (Lipinski definition) is 6. The molecule has 0 aliphatic heterocycles. The lowest BCUT2D eigenvalue weighted by atomic mass is 10.2. The first kappa shape index (κ1) is 14.2. The molecule has 20 heavy (non-hydrogen) atoms. The van der Waals surface area contributed by atoms with Gasteiger partial charge < -0.3 is 19.3 Å². The Morgan fingerprint density at radius 1 is 1.30 bits per heavy atom. The van der Waals surface area contributed by atoms with Crippen molar-refractivity contribution in [2.75, 3.05) is 7.11 Å². The molecule has 8 heteroatoms. The van der Waals surface area contributed by atoms with Crippen LogP contribution in [0.2, 0.25) is 0 Å². The molecule has 2 aromatic rings. The third-order valence-corrected chi connectivity index (χ3v) is 2.46. The Balaban J connectivity index is 1.97. The van der Waals surface area contributed by atoms with Crippen molar-refractivity contribution < 1.29 is 22.8 Å². The van der Waals surface area contributed by atoms with E-state index >= 15 is 0 Å². The highest BCUT2D eigenvalue weighted by atomic mass is 19.3. The summed E-state index contributed by atoms with van der Waals surface area (Å²) in [7, 11) is 1.39. The minimum atomic E-state index is -2.90. The van der Waals surface area contributed by atoms with Crippen molar-refractivity contribution in [3.05, 3.63) is 36.0 Å². The Bertz CT molecular complexity index is 535. The van der Waals surface area contributed by atoms with Crippen molar-refractivity contribution in [3.63, 3.8) is 0 Å². The summed E-state index contributed by atoms with van der Waals surface area (Å²) in [5.41, 5.74) is 0.768. The van der Waals surface area contributed by atoms with Crippen molar-refractivity contribution in [1.82, 2.24) is 15.5 Å². The van der Waals surface area contributed by atoms with Gasteiger partial charge in [-0.15, -0.1) is 0 Å². The van der Waals surface area contributed by atoms with E-state index in [0.29, 0.717) is 18.9 Å². The van der Waals surface area contributed by atoms with Gasteiger partial charge in [0.15, 0.2) is 17.3 Å². The largest absolute Gasteiger partial charge is 0.493 e. The molecule has 0 spiro atoms. The summed E-state index contributed by atoms with van der Waals surface area (Å²) in [4.78, 5) is 3.85. The first-order valence-electron chi connectivity index (χ1n) is 5.76. The number of nitrogens with zero attached hydrogens (tertiary/aromatic N) is 2. The standard InChI is InChI=1S/C12H13F2N3O3/c1-18-9-3-2-8(4-10(9)20-12(13)14)5-15-6-11-16-7-19-17-11/h2-4,7,12,15H,5-6H2,1H3. The minimum Gasteiger partial charge on any atom is -0.493 e. The maximum Gasteiger partial charge on any atom is 0.387 e. The predicted octanol–water partition coefficient (Wildman–Crippen LogP) is 1.97. The summed E-state index contributed by atoms with van der Waals surface area (Å²) in [6, 6.07) is 4.82. The highest BCUT2D eigenvalue weighted by molar-refractivity contribution is 5.42. The smallest absolute Gasteiger partial charge is 0.387 e. The van der Waals surface area contributed by atoms with Gasteiger partial charge in [-0.1, -0.05) is 11.2 Å². The van der Waals surface area contributed by atoms with Gasteiger partial charge in [0, 0.05) is 6.54 Å². The second kappa shape index (κ2) is 6.80. The van der Waals surface area contributed by atoms with Crippen LogP contribution < -0.4 is 14.8 Å². The molecule has 1 aromatic heterocycles. The van der Waals surface area contributed by atoms with E-state index in [-0.39, 0.29) is 11.5 Å². The molecular weight excluding hydrogens is 272 g/mol. The van der Waals surface area contributed by atoms with Gasteiger partial charge in [0.05, 0.1) is 13.7 Å². The Morgan fingerprint density at radius 2 is 2.15 bits per heavy atom. The topological polar surface area (TPSA) is 69.4 Å². The van der Waals surface area contributed by atoms with Gasteiger partial charge >= 0.3 is 6.61 Å². The summed E-state index contributed by atoms with van der Waals surface area (Å²) in [5.74, 6) is 0.774. The van der Waals surface area contributed by atoms with Crippen LogP contribution in [0.1, 0.15) is 11.4 Å². The van der Waals surface area contributed by atoms with Crippen LogP contribution in [0.15, 0.2) is 29.1 Å². The number of aromatic nitrogens is 2. The van der Waals surface area contributed by atoms with E-state index < -0.39 is 6.61 Å². The van der Waals surface area contributed by atoms with E-state index in [2.05, 4.69) is 24.7 Å². The number of rotatable bonds is 7. The van der Waals surface area contributed by atoms with Crippen LogP contribution in [0, 0.1) is 0 Å². The lowest BCUT2D eigenvalue weighted by molar-refractivity contribution is -0.0512. The van der Waals surface area contributed by atoms with Crippen molar-refractivity contribution in [3.8, 4) is 11.5 Å². The average Bonchev–Trinajstić information content (AvgIpc) is 2.91. The second-order valence-electron chi connectivity index (χ2n) is 3.81. The number of alkyl halides is 2. The maximum atomic E-state index is 12.3. The summed E-state index contributed by atoms with van der Waals surface area (Å²) < 4.78 is 38.5. The molecule has 0 unspecified atom stereocenters. The SMILES string of the molecule is COc1ccc(CNCc2ncon2)cc1OC(F)F. The van der Waals surface area contributed by atoms with Gasteiger partial charge in [-0.2, -0.15) is 13.8 Å². The zero-order valence-corrected chi connectivity index (χ0v) is 10.7. The molecule has 0 radical (unpaired) electrons. The van der Waals surface area contributed by atoms with Crippen LogP contribution in [0.3, 0.4) is 0 Å². The monoisotopic (exact) mass is 285 g/mol. The fourth-order valence-corrected chi connectivity index (χ4v) is 1.61. The molecule has 0 saturated heterocycles. The fraction of sp³-hybridized carbons (Fsp3) is 0.333. The van der Waals surface area contributed by atoms with E-state index in [9.17, 15) is 8.78 Å². The van der Waals surface area contributed by atoms with Crippen LogP contribution in [0.4, 0.5) is 8.78 Å². The Morgan fingerprint density at radius 3 is 2.80 bits per heavy atom. The Labute approximate surface area is 113 Å². The number of benzene rings is 1. The molecule has 0 fully saturated rings. The molecule has 6 nitrogen and oxygen atoms in total. The number of nitrogens with one attached hydrogen (secondary N) is 1. The third-order valence-electron chi connectivity index (χ3n) is 2.46. The Kier molecular flexibility index (Phi) is 4.83.